The van der Waals surface area contributed by atoms with Crippen LogP contribution in [0, 0.1) is 12.8 Å². The van der Waals surface area contributed by atoms with Crippen LogP contribution in [0.3, 0.4) is 0 Å². The minimum Gasteiger partial charge on any atom is -0.384 e. The molecule has 1 saturated heterocycles. The van der Waals surface area contributed by atoms with Crippen molar-refractivity contribution in [2.75, 3.05) is 13.2 Å². The molecule has 0 bridgehead atoms. The molecular weight excluding hydrogens is 466 g/mol. The average molecular weight is 500 g/mol. The predicted molar refractivity (Wildman–Crippen MR) is 142 cm³/mol. The van der Waals surface area contributed by atoms with E-state index in [1.807, 2.05) is 53.3 Å². The van der Waals surface area contributed by atoms with Gasteiger partial charge in [0.2, 0.25) is 0 Å². The first-order valence-corrected chi connectivity index (χ1v) is 12.8. The van der Waals surface area contributed by atoms with Crippen LogP contribution in [-0.2, 0) is 24.4 Å². The second kappa shape index (κ2) is 8.78. The Morgan fingerprint density at radius 1 is 1.08 bits per heavy atom. The Hall–Kier alpha value is -3.56. The largest absolute Gasteiger partial charge is 0.384 e. The van der Waals surface area contributed by atoms with Gasteiger partial charge in [0.1, 0.15) is 5.52 Å². The molecule has 37 heavy (non-hydrogen) atoms. The molecule has 5 aromatic heterocycles. The van der Waals surface area contributed by atoms with Crippen molar-refractivity contribution < 1.29 is 9.84 Å². The molecule has 0 spiro atoms. The third kappa shape index (κ3) is 3.84. The van der Waals surface area contributed by atoms with Gasteiger partial charge in [0.15, 0.2) is 0 Å². The van der Waals surface area contributed by atoms with Crippen LogP contribution in [0.5, 0.6) is 0 Å². The van der Waals surface area contributed by atoms with Crippen LogP contribution >= 0.6 is 0 Å². The van der Waals surface area contributed by atoms with Crippen LogP contribution in [0.25, 0.3) is 33.3 Å². The van der Waals surface area contributed by atoms with Crippen LogP contribution in [-0.4, -0.2) is 52.4 Å². The molecule has 192 valence electrons. The zero-order valence-electron chi connectivity index (χ0n) is 22.0. The fourth-order valence-corrected chi connectivity index (χ4v) is 6.04. The number of nitrogens with zero attached hydrogens (tertiary/aromatic N) is 7. The second-order valence-electron chi connectivity index (χ2n) is 10.6. The maximum Gasteiger partial charge on any atom is 0.112 e. The summed E-state index contributed by atoms with van der Waals surface area (Å²) in [6, 6.07) is 10.4. The highest BCUT2D eigenvalue weighted by Gasteiger charge is 2.33. The van der Waals surface area contributed by atoms with Gasteiger partial charge in [-0.2, -0.15) is 0 Å². The summed E-state index contributed by atoms with van der Waals surface area (Å²) in [5, 5.41) is 19.5. The zero-order chi connectivity index (χ0) is 25.9. The summed E-state index contributed by atoms with van der Waals surface area (Å²) >= 11 is 0. The van der Waals surface area contributed by atoms with Gasteiger partial charge in [0.05, 0.1) is 51.0 Å². The summed E-state index contributed by atoms with van der Waals surface area (Å²) in [4.78, 5) is 9.85. The topological polar surface area (TPSA) is 95.8 Å². The highest BCUT2D eigenvalue weighted by atomic mass is 16.5. The molecule has 1 aliphatic heterocycles. The van der Waals surface area contributed by atoms with Crippen molar-refractivity contribution in [3.8, 4) is 11.3 Å². The van der Waals surface area contributed by atoms with E-state index in [2.05, 4.69) is 43.7 Å². The van der Waals surface area contributed by atoms with Gasteiger partial charge in [-0.15, -0.1) is 5.10 Å². The standard InChI is InChI=1S/C28H33N7O2/c1-17-25(34(5)32-31-17)19-14-21-24(30-16-19)27-22(15-23(33(27)4)28(2,3)36)35(21)26(18-9-12-37-13-10-18)20-8-6-7-11-29-20/h6-8,11,14-16,18,26,36H,9-10,12-13H2,1-5H3. The van der Waals surface area contributed by atoms with E-state index in [9.17, 15) is 5.11 Å². The summed E-state index contributed by atoms with van der Waals surface area (Å²) in [6.07, 6.45) is 5.67. The average Bonchev–Trinajstić information content (AvgIpc) is 3.51. The Bertz CT molecular complexity index is 1560. The fourth-order valence-electron chi connectivity index (χ4n) is 6.04. The molecule has 5 aromatic rings. The first-order chi connectivity index (χ1) is 17.8. The maximum absolute atomic E-state index is 11.0. The summed E-state index contributed by atoms with van der Waals surface area (Å²) in [7, 11) is 3.91. The van der Waals surface area contributed by atoms with E-state index in [0.29, 0.717) is 5.92 Å². The minimum absolute atomic E-state index is 0.00929. The van der Waals surface area contributed by atoms with Crippen LogP contribution in [0.1, 0.15) is 49.8 Å². The molecule has 6 heterocycles. The lowest BCUT2D eigenvalue weighted by Crippen LogP contribution is -2.27. The highest BCUT2D eigenvalue weighted by Crippen LogP contribution is 2.42. The molecule has 9 nitrogen and oxygen atoms in total. The van der Waals surface area contributed by atoms with E-state index in [1.165, 1.54) is 0 Å². The number of aryl methyl sites for hydroxylation is 3. The first-order valence-electron chi connectivity index (χ1n) is 12.8. The molecule has 0 amide bonds. The number of ether oxygens (including phenoxy) is 1. The van der Waals surface area contributed by atoms with Crippen molar-refractivity contribution in [2.45, 2.75) is 45.3 Å². The van der Waals surface area contributed by atoms with E-state index in [-0.39, 0.29) is 6.04 Å². The van der Waals surface area contributed by atoms with Gasteiger partial charge in [0.25, 0.3) is 0 Å². The molecule has 1 aliphatic rings. The predicted octanol–water partition coefficient (Wildman–Crippen LogP) is 4.27. The van der Waals surface area contributed by atoms with Gasteiger partial charge < -0.3 is 19.0 Å². The lowest BCUT2D eigenvalue weighted by atomic mass is 9.89. The summed E-state index contributed by atoms with van der Waals surface area (Å²) in [5.41, 5.74) is 7.62. The van der Waals surface area contributed by atoms with Crippen molar-refractivity contribution in [3.63, 3.8) is 0 Å². The zero-order valence-corrected chi connectivity index (χ0v) is 22.0. The smallest absolute Gasteiger partial charge is 0.112 e. The van der Waals surface area contributed by atoms with E-state index >= 15 is 0 Å². The van der Waals surface area contributed by atoms with Crippen LogP contribution in [0.4, 0.5) is 0 Å². The summed E-state index contributed by atoms with van der Waals surface area (Å²) in [6.45, 7) is 7.10. The highest BCUT2D eigenvalue weighted by molar-refractivity contribution is 6.05. The van der Waals surface area contributed by atoms with Crippen LogP contribution in [0.2, 0.25) is 0 Å². The van der Waals surface area contributed by atoms with Gasteiger partial charge in [-0.3, -0.25) is 9.97 Å². The van der Waals surface area contributed by atoms with Crippen molar-refractivity contribution in [2.24, 2.45) is 20.0 Å². The molecule has 0 aliphatic carbocycles. The van der Waals surface area contributed by atoms with Gasteiger partial charge in [-0.05, 0) is 63.8 Å². The van der Waals surface area contributed by atoms with Crippen molar-refractivity contribution in [1.82, 2.24) is 34.1 Å². The Balaban J connectivity index is 1.70. The molecular formula is C28H33N7O2. The SMILES string of the molecule is Cc1nnn(C)c1-c1cnc2c3c(cc(C(C)(C)O)n3C)n(C(c3ccccn3)C3CCOCC3)c2c1. The number of hydrogen-bond donors (Lipinski definition) is 1. The summed E-state index contributed by atoms with van der Waals surface area (Å²) in [5.74, 6) is 0.344. The number of rotatable bonds is 5. The molecule has 0 radical (unpaired) electrons. The molecule has 1 atom stereocenters. The lowest BCUT2D eigenvalue weighted by molar-refractivity contribution is 0.0547. The van der Waals surface area contributed by atoms with E-state index < -0.39 is 5.60 Å². The van der Waals surface area contributed by atoms with Gasteiger partial charge in [-0.25, -0.2) is 4.68 Å². The number of fused-ring (bicyclic) bond motifs is 3. The van der Waals surface area contributed by atoms with Gasteiger partial charge in [0, 0.05) is 45.3 Å². The molecule has 1 unspecified atom stereocenters. The van der Waals surface area contributed by atoms with Crippen molar-refractivity contribution in [1.29, 1.82) is 0 Å². The quantitative estimate of drug-likeness (QED) is 0.388. The minimum atomic E-state index is -0.998. The lowest BCUT2D eigenvalue weighted by Gasteiger charge is -2.32. The normalized spacial score (nSPS) is 16.2. The summed E-state index contributed by atoms with van der Waals surface area (Å²) < 4.78 is 12.0. The molecule has 9 heteroatoms. The van der Waals surface area contributed by atoms with E-state index in [4.69, 9.17) is 14.7 Å². The molecule has 6 rings (SSSR count). The molecule has 0 saturated carbocycles. The Kier molecular flexibility index (Phi) is 5.65. The number of aliphatic hydroxyl groups is 1. The third-order valence-corrected chi connectivity index (χ3v) is 7.70. The van der Waals surface area contributed by atoms with Crippen molar-refractivity contribution >= 4 is 22.1 Å². The van der Waals surface area contributed by atoms with Crippen LogP contribution in [0.15, 0.2) is 42.7 Å². The number of hydrogen-bond acceptors (Lipinski definition) is 6. The molecule has 0 aromatic carbocycles. The Morgan fingerprint density at radius 2 is 1.86 bits per heavy atom. The Morgan fingerprint density at radius 3 is 2.51 bits per heavy atom. The monoisotopic (exact) mass is 499 g/mol. The second-order valence-corrected chi connectivity index (χ2v) is 10.6. The van der Waals surface area contributed by atoms with Gasteiger partial charge >= 0.3 is 0 Å². The van der Waals surface area contributed by atoms with E-state index in [0.717, 1.165) is 76.5 Å². The van der Waals surface area contributed by atoms with Crippen molar-refractivity contribution in [3.05, 3.63) is 59.8 Å². The molecule has 1 fully saturated rings. The number of pyridine rings is 2. The maximum atomic E-state index is 11.0. The molecule has 1 N–H and O–H groups in total. The third-order valence-electron chi connectivity index (χ3n) is 7.70. The first kappa shape index (κ1) is 23.8. The van der Waals surface area contributed by atoms with Crippen LogP contribution < -0.4 is 0 Å². The van der Waals surface area contributed by atoms with Gasteiger partial charge in [-0.1, -0.05) is 11.3 Å². The fraction of sp³-hybridized carbons (Fsp3) is 0.429. The Labute approximate surface area is 215 Å². The number of aromatic nitrogens is 7. The van der Waals surface area contributed by atoms with E-state index in [1.54, 1.807) is 4.68 Å².